The molecule has 0 atom stereocenters. The summed E-state index contributed by atoms with van der Waals surface area (Å²) in [5, 5.41) is 9.65. The van der Waals surface area contributed by atoms with Crippen LogP contribution < -0.4 is 9.47 Å². The van der Waals surface area contributed by atoms with E-state index in [-0.39, 0.29) is 10.9 Å². The zero-order valence-electron chi connectivity index (χ0n) is 18.3. The van der Waals surface area contributed by atoms with E-state index in [4.69, 9.17) is 38.4 Å². The molecule has 0 aliphatic carbocycles. The van der Waals surface area contributed by atoms with Crippen molar-refractivity contribution in [1.29, 1.82) is 0 Å². The van der Waals surface area contributed by atoms with Crippen LogP contribution in [0, 0.1) is 0 Å². The molecule has 1 amide bonds. The molecule has 1 heterocycles. The fourth-order valence-electron chi connectivity index (χ4n) is 3.29. The molecular weight excluding hydrogens is 506 g/mol. The maximum absolute atomic E-state index is 12.6. The first kappa shape index (κ1) is 24.8. The van der Waals surface area contributed by atoms with Crippen LogP contribution in [-0.2, 0) is 22.8 Å². The average Bonchev–Trinajstić information content (AvgIpc) is 3.09. The number of carbonyl (C=O) groups is 2. The highest BCUT2D eigenvalue weighted by Crippen LogP contribution is 2.35. The van der Waals surface area contributed by atoms with Gasteiger partial charge in [-0.1, -0.05) is 84.1 Å². The van der Waals surface area contributed by atoms with E-state index in [0.29, 0.717) is 33.6 Å². The molecule has 0 bridgehead atoms. The highest BCUT2D eigenvalue weighted by atomic mass is 35.5. The summed E-state index contributed by atoms with van der Waals surface area (Å²) in [5.74, 6) is -0.519. The maximum atomic E-state index is 12.6. The number of carbonyl (C=O) groups excluding carboxylic acids is 1. The van der Waals surface area contributed by atoms with E-state index in [2.05, 4.69) is 0 Å². The molecule has 0 unspecified atom stereocenters. The molecule has 1 saturated heterocycles. The second-order valence-electron chi connectivity index (χ2n) is 7.56. The lowest BCUT2D eigenvalue weighted by Gasteiger charge is -2.14. The van der Waals surface area contributed by atoms with Gasteiger partial charge < -0.3 is 14.6 Å². The minimum absolute atomic E-state index is 0.212. The average molecular weight is 526 g/mol. The van der Waals surface area contributed by atoms with E-state index < -0.39 is 18.4 Å². The number of carboxylic acids is 1. The van der Waals surface area contributed by atoms with Crippen molar-refractivity contribution in [2.75, 3.05) is 6.54 Å². The lowest BCUT2D eigenvalue weighted by Crippen LogP contribution is -2.33. The summed E-state index contributed by atoms with van der Waals surface area (Å²) in [7, 11) is 0. The molecule has 3 aromatic rings. The Bertz CT molecular complexity index is 1300. The van der Waals surface area contributed by atoms with Crippen LogP contribution in [0.1, 0.15) is 16.7 Å². The van der Waals surface area contributed by atoms with Crippen molar-refractivity contribution >= 4 is 57.9 Å². The summed E-state index contributed by atoms with van der Waals surface area (Å²) < 4.78 is 12.3. The molecule has 3 aromatic carbocycles. The summed E-state index contributed by atoms with van der Waals surface area (Å²) >= 11 is 12.3. The molecule has 0 spiro atoms. The Labute approximate surface area is 217 Å². The zero-order chi connectivity index (χ0) is 24.8. The number of ether oxygens (including phenoxy) is 2. The van der Waals surface area contributed by atoms with Gasteiger partial charge in [0.15, 0.2) is 11.5 Å². The quantitative estimate of drug-likeness (QED) is 0.280. The second-order valence-corrected chi connectivity index (χ2v) is 9.67. The van der Waals surface area contributed by atoms with Crippen molar-refractivity contribution in [3.05, 3.63) is 99.4 Å². The summed E-state index contributed by atoms with van der Waals surface area (Å²) in [6, 6.07) is 22.5. The summed E-state index contributed by atoms with van der Waals surface area (Å²) in [4.78, 5) is 25.1. The monoisotopic (exact) mass is 525 g/mol. The summed E-state index contributed by atoms with van der Waals surface area (Å²) in [6.07, 6.45) is 1.66. The SMILES string of the molecule is O=C(O)CN1C(=O)/C(=C/c2ccc(OCc3ccccc3)c(OCc3cccc(Cl)c3)c2)SC1=S. The van der Waals surface area contributed by atoms with Gasteiger partial charge in [0.2, 0.25) is 0 Å². The Balaban J connectivity index is 1.58. The molecule has 1 aliphatic heterocycles. The van der Waals surface area contributed by atoms with Crippen molar-refractivity contribution in [2.24, 2.45) is 0 Å². The first-order valence-electron chi connectivity index (χ1n) is 10.5. The van der Waals surface area contributed by atoms with Crippen LogP contribution in [0.15, 0.2) is 77.7 Å². The summed E-state index contributed by atoms with van der Waals surface area (Å²) in [6.45, 7) is 0.163. The third-order valence-corrected chi connectivity index (χ3v) is 6.57. The fourth-order valence-corrected chi connectivity index (χ4v) is 4.76. The van der Waals surface area contributed by atoms with E-state index >= 15 is 0 Å². The largest absolute Gasteiger partial charge is 0.485 e. The van der Waals surface area contributed by atoms with E-state index in [1.165, 1.54) is 0 Å². The van der Waals surface area contributed by atoms with Gasteiger partial charge in [0.05, 0.1) is 4.91 Å². The van der Waals surface area contributed by atoms with Gasteiger partial charge in [0, 0.05) is 5.02 Å². The highest BCUT2D eigenvalue weighted by molar-refractivity contribution is 8.26. The number of aliphatic carboxylic acids is 1. The van der Waals surface area contributed by atoms with E-state index in [1.54, 1.807) is 30.3 Å². The predicted octanol–water partition coefficient (Wildman–Crippen LogP) is 5.78. The van der Waals surface area contributed by atoms with Crippen molar-refractivity contribution in [1.82, 2.24) is 4.90 Å². The first-order chi connectivity index (χ1) is 16.9. The van der Waals surface area contributed by atoms with E-state index in [0.717, 1.165) is 27.8 Å². The number of nitrogens with zero attached hydrogens (tertiary/aromatic N) is 1. The van der Waals surface area contributed by atoms with Crippen molar-refractivity contribution in [3.63, 3.8) is 0 Å². The van der Waals surface area contributed by atoms with Crippen LogP contribution in [0.3, 0.4) is 0 Å². The zero-order valence-corrected chi connectivity index (χ0v) is 20.7. The van der Waals surface area contributed by atoms with Crippen LogP contribution in [0.4, 0.5) is 0 Å². The topological polar surface area (TPSA) is 76.1 Å². The Hall–Kier alpha value is -3.33. The third kappa shape index (κ3) is 6.63. The smallest absolute Gasteiger partial charge is 0.323 e. The number of hydrogen-bond donors (Lipinski definition) is 1. The van der Waals surface area contributed by atoms with Gasteiger partial charge >= 0.3 is 5.97 Å². The van der Waals surface area contributed by atoms with Gasteiger partial charge in [-0.3, -0.25) is 14.5 Å². The number of rotatable bonds is 9. The Morgan fingerprint density at radius 2 is 1.69 bits per heavy atom. The van der Waals surface area contributed by atoms with Gasteiger partial charge in [0.1, 0.15) is 24.1 Å². The van der Waals surface area contributed by atoms with Gasteiger partial charge in [-0.15, -0.1) is 0 Å². The molecule has 1 N–H and O–H groups in total. The van der Waals surface area contributed by atoms with Gasteiger partial charge in [0.25, 0.3) is 5.91 Å². The van der Waals surface area contributed by atoms with Crippen LogP contribution in [0.2, 0.25) is 5.02 Å². The lowest BCUT2D eigenvalue weighted by atomic mass is 10.1. The van der Waals surface area contributed by atoms with Crippen LogP contribution in [0.5, 0.6) is 11.5 Å². The molecule has 0 aromatic heterocycles. The molecule has 35 heavy (non-hydrogen) atoms. The van der Waals surface area contributed by atoms with Crippen LogP contribution >= 0.6 is 35.6 Å². The molecule has 0 radical (unpaired) electrons. The molecule has 9 heteroatoms. The van der Waals surface area contributed by atoms with Crippen molar-refractivity contribution < 1.29 is 24.2 Å². The van der Waals surface area contributed by atoms with Crippen molar-refractivity contribution in [3.8, 4) is 11.5 Å². The standard InChI is InChI=1S/C26H20ClNO5S2/c27-20-8-4-7-19(11-20)16-33-22-12-18(9-10-21(22)32-15-17-5-2-1-3-6-17)13-23-25(31)28(14-24(29)30)26(34)35-23/h1-13H,14-16H2,(H,29,30)/b23-13-. The van der Waals surface area contributed by atoms with Gasteiger partial charge in [-0.25, -0.2) is 0 Å². The molecule has 4 rings (SSSR count). The van der Waals surface area contributed by atoms with Crippen LogP contribution in [0.25, 0.3) is 6.08 Å². The minimum Gasteiger partial charge on any atom is -0.485 e. The predicted molar refractivity (Wildman–Crippen MR) is 141 cm³/mol. The van der Waals surface area contributed by atoms with E-state index in [1.807, 2.05) is 48.5 Å². The number of carboxylic acid groups (broad SMARTS) is 1. The minimum atomic E-state index is -1.13. The number of thioether (sulfide) groups is 1. The molecular formula is C26H20ClNO5S2. The number of thiocarbonyl (C=S) groups is 1. The molecule has 1 aliphatic rings. The van der Waals surface area contributed by atoms with Gasteiger partial charge in [-0.05, 0) is 47.0 Å². The van der Waals surface area contributed by atoms with Gasteiger partial charge in [-0.2, -0.15) is 0 Å². The fraction of sp³-hybridized carbons (Fsp3) is 0.115. The molecule has 0 saturated carbocycles. The van der Waals surface area contributed by atoms with E-state index in [9.17, 15) is 9.59 Å². The Kier molecular flexibility index (Phi) is 8.07. The highest BCUT2D eigenvalue weighted by Gasteiger charge is 2.33. The lowest BCUT2D eigenvalue weighted by molar-refractivity contribution is -0.140. The van der Waals surface area contributed by atoms with Crippen LogP contribution in [-0.4, -0.2) is 32.7 Å². The molecule has 178 valence electrons. The molecule has 1 fully saturated rings. The number of hydrogen-bond acceptors (Lipinski definition) is 6. The second kappa shape index (κ2) is 11.4. The summed E-state index contributed by atoms with van der Waals surface area (Å²) in [5.41, 5.74) is 2.60. The Morgan fingerprint density at radius 1 is 0.971 bits per heavy atom. The maximum Gasteiger partial charge on any atom is 0.323 e. The van der Waals surface area contributed by atoms with Crippen molar-refractivity contribution in [2.45, 2.75) is 13.2 Å². The first-order valence-corrected chi connectivity index (χ1v) is 12.1. The normalized spacial score (nSPS) is 14.4. The number of benzene rings is 3. The third-order valence-electron chi connectivity index (χ3n) is 4.95. The molecule has 6 nitrogen and oxygen atoms in total. The number of halogens is 1. The number of amides is 1. The Morgan fingerprint density at radius 3 is 2.43 bits per heavy atom.